The molecule has 0 saturated carbocycles. The van der Waals surface area contributed by atoms with Crippen molar-refractivity contribution in [3.05, 3.63) is 58.6 Å². The summed E-state index contributed by atoms with van der Waals surface area (Å²) < 4.78 is 38.8. The van der Waals surface area contributed by atoms with Gasteiger partial charge in [-0.05, 0) is 42.8 Å². The van der Waals surface area contributed by atoms with E-state index in [1.165, 1.54) is 6.07 Å². The standard InChI is InChI=1S/C19H19ClF3N3O/c1-13-3-2-4-15(11-13)25-7-9-26(10-8-25)18(27)24-14-5-6-17(20)16(12-14)19(21,22)23/h2-6,11-12H,7-10H2,1H3,(H,24,27). The van der Waals surface area contributed by atoms with Crippen LogP contribution in [0.4, 0.5) is 29.3 Å². The number of piperazine rings is 1. The molecule has 0 spiro atoms. The van der Waals surface area contributed by atoms with Gasteiger partial charge in [-0.3, -0.25) is 0 Å². The van der Waals surface area contributed by atoms with E-state index >= 15 is 0 Å². The minimum absolute atomic E-state index is 0.0674. The van der Waals surface area contributed by atoms with Crippen LogP contribution in [0.15, 0.2) is 42.5 Å². The van der Waals surface area contributed by atoms with Crippen molar-refractivity contribution in [3.8, 4) is 0 Å². The molecular formula is C19H19ClF3N3O. The van der Waals surface area contributed by atoms with Crippen LogP contribution < -0.4 is 10.2 Å². The van der Waals surface area contributed by atoms with Crippen molar-refractivity contribution in [2.75, 3.05) is 36.4 Å². The predicted molar refractivity (Wildman–Crippen MR) is 100 cm³/mol. The van der Waals surface area contributed by atoms with Gasteiger partial charge in [0.1, 0.15) is 0 Å². The average molecular weight is 398 g/mol. The summed E-state index contributed by atoms with van der Waals surface area (Å²) in [5.74, 6) is 0. The summed E-state index contributed by atoms with van der Waals surface area (Å²) in [6.45, 7) is 4.31. The third-order valence-corrected chi connectivity index (χ3v) is 4.79. The number of anilines is 2. The van der Waals surface area contributed by atoms with Gasteiger partial charge in [0, 0.05) is 37.6 Å². The SMILES string of the molecule is Cc1cccc(N2CCN(C(=O)Nc3ccc(Cl)c(C(F)(F)F)c3)CC2)c1. The zero-order valence-corrected chi connectivity index (χ0v) is 15.4. The molecule has 0 atom stereocenters. The number of halogens is 4. The van der Waals surface area contributed by atoms with E-state index in [1.54, 1.807) is 4.90 Å². The van der Waals surface area contributed by atoms with Crippen molar-refractivity contribution in [1.82, 2.24) is 4.90 Å². The fourth-order valence-corrected chi connectivity index (χ4v) is 3.24. The van der Waals surface area contributed by atoms with Gasteiger partial charge < -0.3 is 15.1 Å². The lowest BCUT2D eigenvalue weighted by molar-refractivity contribution is -0.137. The molecule has 0 radical (unpaired) electrons. The van der Waals surface area contributed by atoms with E-state index in [-0.39, 0.29) is 5.69 Å². The van der Waals surface area contributed by atoms with Gasteiger partial charge >= 0.3 is 12.2 Å². The number of alkyl halides is 3. The zero-order valence-electron chi connectivity index (χ0n) is 14.7. The van der Waals surface area contributed by atoms with Crippen LogP contribution in [0.3, 0.4) is 0 Å². The van der Waals surface area contributed by atoms with E-state index in [0.29, 0.717) is 26.2 Å². The molecule has 1 fully saturated rings. The molecule has 1 N–H and O–H groups in total. The number of urea groups is 1. The zero-order chi connectivity index (χ0) is 19.6. The molecule has 0 bridgehead atoms. The van der Waals surface area contributed by atoms with Crippen LogP contribution in [0.5, 0.6) is 0 Å². The third kappa shape index (κ3) is 4.66. The fraction of sp³-hybridized carbons (Fsp3) is 0.316. The van der Waals surface area contributed by atoms with Crippen LogP contribution in [0.1, 0.15) is 11.1 Å². The van der Waals surface area contributed by atoms with Crippen LogP contribution in [0.25, 0.3) is 0 Å². The van der Waals surface area contributed by atoms with Crippen molar-refractivity contribution in [1.29, 1.82) is 0 Å². The van der Waals surface area contributed by atoms with Gasteiger partial charge in [0.2, 0.25) is 0 Å². The third-order valence-electron chi connectivity index (χ3n) is 4.46. The Kier molecular flexibility index (Phi) is 5.51. The van der Waals surface area contributed by atoms with Gasteiger partial charge in [-0.25, -0.2) is 4.79 Å². The van der Waals surface area contributed by atoms with Crippen molar-refractivity contribution in [3.63, 3.8) is 0 Å². The molecule has 2 amide bonds. The number of nitrogens with one attached hydrogen (secondary N) is 1. The van der Waals surface area contributed by atoms with E-state index < -0.39 is 22.8 Å². The first-order valence-corrected chi connectivity index (χ1v) is 8.86. The van der Waals surface area contributed by atoms with E-state index in [4.69, 9.17) is 11.6 Å². The van der Waals surface area contributed by atoms with E-state index in [2.05, 4.69) is 16.3 Å². The molecule has 1 heterocycles. The lowest BCUT2D eigenvalue weighted by Gasteiger charge is -2.36. The summed E-state index contributed by atoms with van der Waals surface area (Å²) in [7, 11) is 0. The summed E-state index contributed by atoms with van der Waals surface area (Å²) in [6.07, 6.45) is -4.57. The quantitative estimate of drug-likeness (QED) is 0.772. The summed E-state index contributed by atoms with van der Waals surface area (Å²) >= 11 is 5.60. The number of amides is 2. The Bertz CT molecular complexity index is 833. The Morgan fingerprint density at radius 3 is 2.41 bits per heavy atom. The molecule has 4 nitrogen and oxygen atoms in total. The van der Waals surface area contributed by atoms with Gasteiger partial charge in [-0.15, -0.1) is 0 Å². The topological polar surface area (TPSA) is 35.6 Å². The number of benzene rings is 2. The normalized spacial score (nSPS) is 15.0. The number of carbonyl (C=O) groups excluding carboxylic acids is 1. The average Bonchev–Trinajstić information content (AvgIpc) is 2.62. The Labute approximate surface area is 160 Å². The number of rotatable bonds is 2. The number of carbonyl (C=O) groups is 1. The molecule has 0 aromatic heterocycles. The molecular weight excluding hydrogens is 379 g/mol. The lowest BCUT2D eigenvalue weighted by Crippen LogP contribution is -2.50. The molecule has 144 valence electrons. The molecule has 1 aliphatic heterocycles. The summed E-state index contributed by atoms with van der Waals surface area (Å²) in [5.41, 5.74) is 1.36. The molecule has 2 aromatic carbocycles. The molecule has 0 aliphatic carbocycles. The van der Waals surface area contributed by atoms with Gasteiger partial charge in [0.15, 0.2) is 0 Å². The van der Waals surface area contributed by atoms with Crippen molar-refractivity contribution >= 4 is 29.0 Å². The first kappa shape index (κ1) is 19.4. The Morgan fingerprint density at radius 1 is 1.07 bits per heavy atom. The van der Waals surface area contributed by atoms with Crippen LogP contribution in [0, 0.1) is 6.92 Å². The highest BCUT2D eigenvalue weighted by atomic mass is 35.5. The second-order valence-electron chi connectivity index (χ2n) is 6.44. The minimum Gasteiger partial charge on any atom is -0.368 e. The largest absolute Gasteiger partial charge is 0.417 e. The highest BCUT2D eigenvalue weighted by molar-refractivity contribution is 6.31. The molecule has 2 aromatic rings. The monoisotopic (exact) mass is 397 g/mol. The first-order valence-electron chi connectivity index (χ1n) is 8.48. The number of hydrogen-bond donors (Lipinski definition) is 1. The second kappa shape index (κ2) is 7.68. The number of aryl methyl sites for hydroxylation is 1. The van der Waals surface area contributed by atoms with Crippen molar-refractivity contribution in [2.45, 2.75) is 13.1 Å². The lowest BCUT2D eigenvalue weighted by atomic mass is 10.2. The van der Waals surface area contributed by atoms with Crippen LogP contribution in [0.2, 0.25) is 5.02 Å². The Hall–Kier alpha value is -2.41. The Balaban J connectivity index is 1.62. The fourth-order valence-electron chi connectivity index (χ4n) is 3.02. The summed E-state index contributed by atoms with van der Waals surface area (Å²) in [6, 6.07) is 11.0. The molecule has 8 heteroatoms. The maximum Gasteiger partial charge on any atom is 0.417 e. The predicted octanol–water partition coefficient (Wildman–Crippen LogP) is 5.02. The van der Waals surface area contributed by atoms with E-state index in [1.807, 2.05) is 25.1 Å². The molecule has 1 saturated heterocycles. The first-order chi connectivity index (χ1) is 12.7. The Morgan fingerprint density at radius 2 is 1.78 bits per heavy atom. The number of nitrogens with zero attached hydrogens (tertiary/aromatic N) is 2. The van der Waals surface area contributed by atoms with Gasteiger partial charge in [-0.1, -0.05) is 23.7 Å². The summed E-state index contributed by atoms with van der Waals surface area (Å²) in [5, 5.41) is 2.13. The molecule has 27 heavy (non-hydrogen) atoms. The smallest absolute Gasteiger partial charge is 0.368 e. The summed E-state index contributed by atoms with van der Waals surface area (Å²) in [4.78, 5) is 16.2. The van der Waals surface area contributed by atoms with E-state index in [0.717, 1.165) is 23.4 Å². The van der Waals surface area contributed by atoms with Gasteiger partial charge in [0.25, 0.3) is 0 Å². The maximum absolute atomic E-state index is 12.9. The molecule has 3 rings (SSSR count). The molecule has 1 aliphatic rings. The van der Waals surface area contributed by atoms with Gasteiger partial charge in [0.05, 0.1) is 10.6 Å². The molecule has 0 unspecified atom stereocenters. The van der Waals surface area contributed by atoms with Crippen LogP contribution >= 0.6 is 11.6 Å². The van der Waals surface area contributed by atoms with Crippen molar-refractivity contribution in [2.24, 2.45) is 0 Å². The number of hydrogen-bond acceptors (Lipinski definition) is 2. The minimum atomic E-state index is -4.57. The van der Waals surface area contributed by atoms with Crippen molar-refractivity contribution < 1.29 is 18.0 Å². The highest BCUT2D eigenvalue weighted by Gasteiger charge is 2.33. The van der Waals surface area contributed by atoms with Gasteiger partial charge in [-0.2, -0.15) is 13.2 Å². The highest BCUT2D eigenvalue weighted by Crippen LogP contribution is 2.36. The van der Waals surface area contributed by atoms with Crippen LogP contribution in [-0.2, 0) is 6.18 Å². The maximum atomic E-state index is 12.9. The van der Waals surface area contributed by atoms with Crippen LogP contribution in [-0.4, -0.2) is 37.1 Å². The second-order valence-corrected chi connectivity index (χ2v) is 6.84. The van der Waals surface area contributed by atoms with E-state index in [9.17, 15) is 18.0 Å².